The van der Waals surface area contributed by atoms with Crippen molar-refractivity contribution in [2.45, 2.75) is 0 Å². The summed E-state index contributed by atoms with van der Waals surface area (Å²) in [6.07, 6.45) is 0. The SMILES string of the molecule is C[P+](C=[PH](c1ccccc1)c1ccccc1)(c1ccccc1)c1ccccc1.C[P+](C=[PH](c1ccccc1)c1ccccc1)(c1ccccc1)c1ccccc1.Fc1[c-]c(F)c(F)c(F)c1F.Fc1[c-]c(F)c(F)c(F)c1F.[Au+].[Au+].[Au].[Cl][Au-][Cl]. The maximum atomic E-state index is 12.0. The molecule has 0 N–H and O–H groups in total. The van der Waals surface area contributed by atoms with E-state index < -0.39 is 87.8 Å². The Labute approximate surface area is 550 Å². The van der Waals surface area contributed by atoms with E-state index in [0.29, 0.717) is 0 Å². The fraction of sp³-hybridized carbons (Fsp3) is 0.0312. The molecular formula is C64H50Au4Cl2F10P4+. The van der Waals surface area contributed by atoms with Crippen LogP contribution in [0.2, 0.25) is 0 Å². The van der Waals surface area contributed by atoms with E-state index in [1.54, 1.807) is 0 Å². The number of benzene rings is 10. The van der Waals surface area contributed by atoms with E-state index >= 15 is 0 Å². The van der Waals surface area contributed by atoms with Crippen molar-refractivity contribution < 1.29 is 129 Å². The Kier molecular flexibility index (Phi) is 33.8. The summed E-state index contributed by atoms with van der Waals surface area (Å²) in [4.78, 5) is 0. The van der Waals surface area contributed by atoms with E-state index in [2.05, 4.69) is 267 Å². The van der Waals surface area contributed by atoms with Crippen molar-refractivity contribution in [1.29, 1.82) is 0 Å². The van der Waals surface area contributed by atoms with Crippen molar-refractivity contribution in [2.24, 2.45) is 0 Å². The standard InChI is InChI=1S/2C26H25P2.2C6F5.4Au.2ClH/c2*1-28(25-18-10-4-11-19-25,26-20-12-5-13-21-26)22-27(23-14-6-2-7-15-23)24-16-8-3-9-17-24;2*7-2-1-3(8)5(10)6(11)4(2)9;;;;;;/h2*2-22,27H,1H3;;;;;;;2*1H/q2*+1;2*-1;;3*+1;;/p-2. The van der Waals surface area contributed by atoms with Crippen LogP contribution in [0.1, 0.15) is 0 Å². The van der Waals surface area contributed by atoms with Gasteiger partial charge in [0, 0.05) is 22.4 Å². The first-order valence-electron chi connectivity index (χ1n) is 24.3. The Hall–Kier alpha value is -3.50. The van der Waals surface area contributed by atoms with Crippen molar-refractivity contribution in [2.75, 3.05) is 13.3 Å². The molecular weight excluding hydrogens is 1940 g/mol. The van der Waals surface area contributed by atoms with E-state index in [-0.39, 0.29) is 84.7 Å². The molecule has 0 aliphatic carbocycles. The molecule has 1 radical (unpaired) electrons. The molecule has 20 heteroatoms. The van der Waals surface area contributed by atoms with Gasteiger partial charge in [-0.3, -0.25) is 17.6 Å². The molecule has 0 heterocycles. The van der Waals surface area contributed by atoms with Crippen molar-refractivity contribution >= 4 is 102 Å². The van der Waals surface area contributed by atoms with E-state index in [0.717, 1.165) is 12.1 Å². The molecule has 0 amide bonds. The van der Waals surface area contributed by atoms with Crippen LogP contribution in [-0.2, 0) is 84.7 Å². The summed E-state index contributed by atoms with van der Waals surface area (Å²) >= 11 is -0.389. The van der Waals surface area contributed by atoms with E-state index in [4.69, 9.17) is 18.4 Å². The molecule has 0 saturated heterocycles. The maximum absolute atomic E-state index is 12.0. The third kappa shape index (κ3) is 20.8. The van der Waals surface area contributed by atoms with Gasteiger partial charge in [0.1, 0.15) is 35.7 Å². The predicted octanol–water partition coefficient (Wildman–Crippen LogP) is 15.6. The molecule has 84 heavy (non-hydrogen) atoms. The van der Waals surface area contributed by atoms with Crippen LogP contribution in [0.15, 0.2) is 243 Å². The quantitative estimate of drug-likeness (QED) is 0.0320. The van der Waals surface area contributed by atoms with E-state index in [1.165, 1.54) is 42.4 Å². The van der Waals surface area contributed by atoms with Gasteiger partial charge in [0.25, 0.3) is 0 Å². The zero-order chi connectivity index (χ0) is 58.4. The molecule has 0 unspecified atom stereocenters. The van der Waals surface area contributed by atoms with Crippen LogP contribution in [0.25, 0.3) is 0 Å². The zero-order valence-corrected chi connectivity index (χ0v) is 57.9. The van der Waals surface area contributed by atoms with Crippen LogP contribution in [0.4, 0.5) is 43.9 Å². The van der Waals surface area contributed by atoms with Gasteiger partial charge in [-0.05, 0) is 84.8 Å². The Morgan fingerprint density at radius 2 is 0.464 bits per heavy atom. The average molecular weight is 1990 g/mol. The fourth-order valence-electron chi connectivity index (χ4n) is 8.16. The second-order valence-corrected chi connectivity index (χ2v) is 33.0. The molecule has 0 aliphatic rings. The second-order valence-electron chi connectivity index (χ2n) is 17.5. The van der Waals surface area contributed by atoms with Crippen LogP contribution < -0.4 is 42.4 Å². The molecule has 0 aromatic heterocycles. The van der Waals surface area contributed by atoms with Gasteiger partial charge in [-0.25, -0.2) is 26.3 Å². The molecule has 453 valence electrons. The topological polar surface area (TPSA) is 0 Å². The summed E-state index contributed by atoms with van der Waals surface area (Å²) in [6.45, 7) is 4.93. The molecule has 10 rings (SSSR count). The first-order chi connectivity index (χ1) is 39.0. The van der Waals surface area contributed by atoms with E-state index in [9.17, 15) is 43.9 Å². The molecule has 0 atom stereocenters. The molecule has 0 fully saturated rings. The van der Waals surface area contributed by atoms with Crippen molar-refractivity contribution in [3.8, 4) is 0 Å². The first-order valence-corrected chi connectivity index (χ1v) is 37.4. The van der Waals surface area contributed by atoms with Gasteiger partial charge in [0.05, 0.1) is 82.6 Å². The second kappa shape index (κ2) is 38.0. The fourth-order valence-corrected chi connectivity index (χ4v) is 23.7. The minimum atomic E-state index is -2.17. The molecule has 0 saturated carbocycles. The molecule has 0 bridgehead atoms. The first kappa shape index (κ1) is 74.8. The number of hydrogen-bond donors (Lipinski definition) is 0. The predicted molar refractivity (Wildman–Crippen MR) is 325 cm³/mol. The van der Waals surface area contributed by atoms with Crippen molar-refractivity contribution in [1.82, 2.24) is 0 Å². The Bertz CT molecular complexity index is 3160. The molecule has 0 nitrogen and oxygen atoms in total. The summed E-state index contributed by atoms with van der Waals surface area (Å²) < 4.78 is 120. The third-order valence-corrected chi connectivity index (χ3v) is 27.8. The third-order valence-electron chi connectivity index (χ3n) is 12.3. The molecule has 0 spiro atoms. The minimum absolute atomic E-state index is 0. The van der Waals surface area contributed by atoms with Gasteiger partial charge in [0.2, 0.25) is 0 Å². The Morgan fingerprint density at radius 1 is 0.310 bits per heavy atom. The molecule has 10 aromatic rings. The van der Waals surface area contributed by atoms with Gasteiger partial charge in [-0.1, -0.05) is 194 Å². The van der Waals surface area contributed by atoms with E-state index in [1.807, 2.05) is 0 Å². The Balaban J connectivity index is 0.000000308. The van der Waals surface area contributed by atoms with Gasteiger partial charge in [-0.2, -0.15) is 0 Å². The van der Waals surface area contributed by atoms with Gasteiger partial charge in [-0.15, -0.1) is 12.1 Å². The number of rotatable bonds is 10. The van der Waals surface area contributed by atoms with Crippen LogP contribution in [0.5, 0.6) is 0 Å². The summed E-state index contributed by atoms with van der Waals surface area (Å²) in [5.41, 5.74) is 5.43. The van der Waals surface area contributed by atoms with Crippen LogP contribution >= 0.6 is 48.0 Å². The van der Waals surface area contributed by atoms with Crippen LogP contribution in [0.3, 0.4) is 0 Å². The van der Waals surface area contributed by atoms with Crippen LogP contribution in [-0.4, -0.2) is 24.4 Å². The van der Waals surface area contributed by atoms with Crippen molar-refractivity contribution in [3.63, 3.8) is 0 Å². The van der Waals surface area contributed by atoms with Gasteiger partial charge < -0.3 is 0 Å². The molecule has 10 aromatic carbocycles. The zero-order valence-electron chi connectivity index (χ0n) is 43.9. The monoisotopic (exact) mass is 1990 g/mol. The van der Waals surface area contributed by atoms with Crippen LogP contribution in [0, 0.1) is 70.3 Å². The average Bonchev–Trinajstić information content (AvgIpc) is 3.59. The summed E-state index contributed by atoms with van der Waals surface area (Å²) in [5, 5.41) is 11.5. The number of hydrogen-bond acceptors (Lipinski definition) is 0. The normalized spacial score (nSPS) is 10.5. The van der Waals surface area contributed by atoms with Crippen molar-refractivity contribution in [3.05, 3.63) is 313 Å². The Morgan fingerprint density at radius 3 is 0.631 bits per heavy atom. The summed E-state index contributed by atoms with van der Waals surface area (Å²) in [5.74, 6) is -20.1. The number of halogens is 12. The van der Waals surface area contributed by atoms with Gasteiger partial charge >= 0.3 is 80.7 Å². The summed E-state index contributed by atoms with van der Waals surface area (Å²) in [6, 6.07) is 90.3. The molecule has 0 aliphatic heterocycles. The van der Waals surface area contributed by atoms with Gasteiger partial charge in [0.15, 0.2) is 0 Å². The summed E-state index contributed by atoms with van der Waals surface area (Å²) in [7, 11) is 4.39.